The summed E-state index contributed by atoms with van der Waals surface area (Å²) in [5.41, 5.74) is 8.58. The SMILES string of the molecule is C#CC1CC[C@@H](c2cc(Cl)c(F)c(-c3cc4cn(-c5ccc([C@H](C)NCCCNC(=N)N)cc5)c(=O)nc4[nH]3)c2)N1. The van der Waals surface area contributed by atoms with Gasteiger partial charge >= 0.3 is 5.69 Å². The number of aromatic nitrogens is 3. The Hall–Kier alpha value is -4.17. The second-order valence-electron chi connectivity index (χ2n) is 10.2. The van der Waals surface area contributed by atoms with E-state index in [1.165, 1.54) is 4.57 Å². The quantitative estimate of drug-likeness (QED) is 0.0770. The van der Waals surface area contributed by atoms with Crippen molar-refractivity contribution < 1.29 is 4.39 Å². The van der Waals surface area contributed by atoms with Gasteiger partial charge in [0, 0.05) is 35.8 Å². The Bertz CT molecular complexity index is 1670. The number of nitrogens with one attached hydrogen (secondary N) is 5. The predicted octanol–water partition coefficient (Wildman–Crippen LogP) is 4.12. The van der Waals surface area contributed by atoms with Crippen molar-refractivity contribution in [2.45, 2.75) is 44.3 Å². The van der Waals surface area contributed by atoms with Crippen molar-refractivity contribution in [3.05, 3.63) is 81.1 Å². The lowest BCUT2D eigenvalue weighted by Crippen LogP contribution is -2.32. The van der Waals surface area contributed by atoms with Crippen LogP contribution in [-0.2, 0) is 0 Å². The maximum absolute atomic E-state index is 15.2. The molecule has 212 valence electrons. The molecule has 2 aromatic carbocycles. The zero-order valence-electron chi connectivity index (χ0n) is 22.6. The maximum Gasteiger partial charge on any atom is 0.354 e. The third kappa shape index (κ3) is 6.28. The van der Waals surface area contributed by atoms with E-state index in [9.17, 15) is 4.79 Å². The summed E-state index contributed by atoms with van der Waals surface area (Å²) >= 11 is 6.29. The van der Waals surface area contributed by atoms with Crippen LogP contribution in [0.3, 0.4) is 0 Å². The van der Waals surface area contributed by atoms with Gasteiger partial charge in [-0.05, 0) is 74.2 Å². The molecule has 5 rings (SSSR count). The van der Waals surface area contributed by atoms with E-state index >= 15 is 4.39 Å². The summed E-state index contributed by atoms with van der Waals surface area (Å²) in [6.45, 7) is 3.45. The van der Waals surface area contributed by atoms with Gasteiger partial charge in [0.25, 0.3) is 0 Å². The van der Waals surface area contributed by atoms with Gasteiger partial charge in [-0.15, -0.1) is 6.42 Å². The van der Waals surface area contributed by atoms with Crippen LogP contribution in [0, 0.1) is 23.6 Å². The van der Waals surface area contributed by atoms with Gasteiger partial charge in [0.15, 0.2) is 11.8 Å². The number of nitrogens with two attached hydrogens (primary N) is 1. The summed E-state index contributed by atoms with van der Waals surface area (Å²) < 4.78 is 16.7. The molecule has 2 aromatic heterocycles. The lowest BCUT2D eigenvalue weighted by Gasteiger charge is -2.15. The number of fused-ring (bicyclic) bond motifs is 1. The number of guanidine groups is 1. The number of hydrogen-bond donors (Lipinski definition) is 6. The largest absolute Gasteiger partial charge is 0.370 e. The lowest BCUT2D eigenvalue weighted by atomic mass is 10.0. The molecule has 0 radical (unpaired) electrons. The van der Waals surface area contributed by atoms with Crippen LogP contribution in [0.5, 0.6) is 0 Å². The molecule has 1 unspecified atom stereocenters. The number of benzene rings is 2. The molecule has 7 N–H and O–H groups in total. The molecule has 3 heterocycles. The van der Waals surface area contributed by atoms with E-state index in [1.807, 2.05) is 24.3 Å². The van der Waals surface area contributed by atoms with Crippen molar-refractivity contribution in [1.82, 2.24) is 30.5 Å². The van der Waals surface area contributed by atoms with Gasteiger partial charge in [0.05, 0.1) is 22.4 Å². The average molecular weight is 575 g/mol. The minimum atomic E-state index is -0.544. The van der Waals surface area contributed by atoms with Gasteiger partial charge in [-0.25, -0.2) is 9.18 Å². The molecule has 11 heteroatoms. The molecule has 0 bridgehead atoms. The van der Waals surface area contributed by atoms with Gasteiger partial charge in [-0.3, -0.25) is 15.3 Å². The van der Waals surface area contributed by atoms with Crippen LogP contribution < -0.4 is 27.4 Å². The molecule has 3 atom stereocenters. The number of hydrogen-bond acceptors (Lipinski definition) is 5. The molecule has 1 aliphatic heterocycles. The maximum atomic E-state index is 15.2. The Balaban J connectivity index is 1.36. The summed E-state index contributed by atoms with van der Waals surface area (Å²) in [6, 6.07) is 12.9. The van der Waals surface area contributed by atoms with Gasteiger partial charge in [-0.2, -0.15) is 4.98 Å². The fraction of sp³-hybridized carbons (Fsp3) is 0.300. The highest BCUT2D eigenvalue weighted by Gasteiger charge is 2.25. The van der Waals surface area contributed by atoms with Crippen LogP contribution in [0.1, 0.15) is 49.4 Å². The molecule has 1 aliphatic rings. The van der Waals surface area contributed by atoms with Crippen LogP contribution in [-0.4, -0.2) is 39.6 Å². The summed E-state index contributed by atoms with van der Waals surface area (Å²) in [6.07, 6.45) is 9.75. The standard InChI is InChI=1S/C30H32ClFN8O/c1-3-21-7-10-25(37-21)19-13-23(27(32)24(31)14-19)26-15-20-16-40(30(41)39-28(20)38-26)22-8-5-18(6-9-22)17(2)35-11-4-12-36-29(33)34/h1,5-6,8-9,13-17,21,25,35,37H,4,7,10-12H2,2H3,(H4,33,34,36)(H,38,39,41)/t17-,21?,25-/m0/s1. The van der Waals surface area contributed by atoms with Crippen molar-refractivity contribution in [2.75, 3.05) is 13.1 Å². The van der Waals surface area contributed by atoms with Gasteiger partial charge < -0.3 is 21.4 Å². The molecule has 1 fully saturated rings. The summed E-state index contributed by atoms with van der Waals surface area (Å²) in [7, 11) is 0. The van der Waals surface area contributed by atoms with Crippen LogP contribution in [0.25, 0.3) is 28.0 Å². The molecular weight excluding hydrogens is 543 g/mol. The van der Waals surface area contributed by atoms with Gasteiger partial charge in [0.2, 0.25) is 0 Å². The van der Waals surface area contributed by atoms with Crippen molar-refractivity contribution in [3.63, 3.8) is 0 Å². The number of H-pyrrole nitrogens is 1. The second kappa shape index (κ2) is 12.1. The lowest BCUT2D eigenvalue weighted by molar-refractivity contribution is 0.555. The van der Waals surface area contributed by atoms with E-state index < -0.39 is 11.5 Å². The Kier molecular flexibility index (Phi) is 8.40. The van der Waals surface area contributed by atoms with Crippen molar-refractivity contribution in [1.29, 1.82) is 5.41 Å². The van der Waals surface area contributed by atoms with Crippen molar-refractivity contribution in [2.24, 2.45) is 5.73 Å². The van der Waals surface area contributed by atoms with E-state index in [0.717, 1.165) is 36.9 Å². The topological polar surface area (TPSA) is 137 Å². The highest BCUT2D eigenvalue weighted by Crippen LogP contribution is 2.35. The molecule has 9 nitrogen and oxygen atoms in total. The fourth-order valence-electron chi connectivity index (χ4n) is 5.14. The van der Waals surface area contributed by atoms with E-state index in [-0.39, 0.29) is 29.1 Å². The second-order valence-corrected chi connectivity index (χ2v) is 10.6. The Morgan fingerprint density at radius 3 is 2.78 bits per heavy atom. The first-order valence-electron chi connectivity index (χ1n) is 13.5. The zero-order valence-corrected chi connectivity index (χ0v) is 23.4. The molecule has 0 aliphatic carbocycles. The first-order valence-corrected chi connectivity index (χ1v) is 13.9. The first-order chi connectivity index (χ1) is 19.7. The third-order valence-electron chi connectivity index (χ3n) is 7.39. The summed E-state index contributed by atoms with van der Waals surface area (Å²) in [5.74, 6) is 2.14. The Labute approximate surface area is 242 Å². The minimum absolute atomic E-state index is 0.0181. The zero-order chi connectivity index (χ0) is 29.1. The van der Waals surface area contributed by atoms with Crippen LogP contribution in [0.2, 0.25) is 5.02 Å². The van der Waals surface area contributed by atoms with Gasteiger partial charge in [0.1, 0.15) is 5.65 Å². The van der Waals surface area contributed by atoms with E-state index in [1.54, 1.807) is 24.4 Å². The number of terminal acetylenes is 1. The fourth-order valence-corrected chi connectivity index (χ4v) is 5.37. The average Bonchev–Trinajstić information content (AvgIpc) is 3.60. The van der Waals surface area contributed by atoms with E-state index in [2.05, 4.69) is 38.8 Å². The van der Waals surface area contributed by atoms with Crippen LogP contribution in [0.4, 0.5) is 4.39 Å². The number of aromatic amines is 1. The number of halogens is 2. The molecule has 1 saturated heterocycles. The Morgan fingerprint density at radius 2 is 2.07 bits per heavy atom. The van der Waals surface area contributed by atoms with Crippen molar-refractivity contribution in [3.8, 4) is 29.3 Å². The number of nitrogens with zero attached hydrogens (tertiary/aromatic N) is 2. The van der Waals surface area contributed by atoms with Crippen LogP contribution in [0.15, 0.2) is 53.5 Å². The monoisotopic (exact) mass is 574 g/mol. The van der Waals surface area contributed by atoms with Crippen LogP contribution >= 0.6 is 11.6 Å². The Morgan fingerprint density at radius 1 is 1.29 bits per heavy atom. The molecule has 0 spiro atoms. The summed E-state index contributed by atoms with van der Waals surface area (Å²) in [4.78, 5) is 20.2. The highest BCUT2D eigenvalue weighted by molar-refractivity contribution is 6.31. The first kappa shape index (κ1) is 28.4. The highest BCUT2D eigenvalue weighted by atomic mass is 35.5. The van der Waals surface area contributed by atoms with E-state index in [0.29, 0.717) is 34.5 Å². The molecule has 4 aromatic rings. The third-order valence-corrected chi connectivity index (χ3v) is 7.66. The summed E-state index contributed by atoms with van der Waals surface area (Å²) in [5, 5.41) is 17.5. The number of rotatable bonds is 9. The predicted molar refractivity (Wildman–Crippen MR) is 161 cm³/mol. The minimum Gasteiger partial charge on any atom is -0.370 e. The molecule has 0 amide bonds. The molecule has 0 saturated carbocycles. The molecular formula is C30H32ClFN8O. The van der Waals surface area contributed by atoms with E-state index in [4.69, 9.17) is 29.2 Å². The van der Waals surface area contributed by atoms with Gasteiger partial charge in [-0.1, -0.05) is 29.7 Å². The normalized spacial score (nSPS) is 17.4. The smallest absolute Gasteiger partial charge is 0.354 e. The molecule has 41 heavy (non-hydrogen) atoms. The van der Waals surface area contributed by atoms with Crippen molar-refractivity contribution >= 4 is 28.6 Å².